The van der Waals surface area contributed by atoms with Crippen LogP contribution in [0.3, 0.4) is 0 Å². The van der Waals surface area contributed by atoms with Gasteiger partial charge in [0.05, 0.1) is 19.7 Å². The summed E-state index contributed by atoms with van der Waals surface area (Å²) < 4.78 is 76.4. The lowest BCUT2D eigenvalue weighted by Gasteiger charge is -2.27. The summed E-state index contributed by atoms with van der Waals surface area (Å²) in [4.78, 5) is 59.6. The second-order valence-corrected chi connectivity index (χ2v) is 10.2. The maximum absolute atomic E-state index is 13.4. The monoisotopic (exact) mass is 684 g/mol. The number of carboxylic acid groups (broad SMARTS) is 1. The Kier molecular flexibility index (Phi) is 15.0. The second-order valence-electron chi connectivity index (χ2n) is 9.77. The summed E-state index contributed by atoms with van der Waals surface area (Å²) >= 11 is 6.02. The Hall–Kier alpha value is -4.38. The van der Waals surface area contributed by atoms with Crippen LogP contribution in [-0.4, -0.2) is 72.7 Å². The van der Waals surface area contributed by atoms with Gasteiger partial charge < -0.3 is 31.5 Å². The molecule has 0 aliphatic heterocycles. The Labute approximate surface area is 263 Å². The Balaban J connectivity index is 0.00000135. The van der Waals surface area contributed by atoms with Gasteiger partial charge in [-0.05, 0) is 41.3 Å². The molecule has 3 amide bonds. The van der Waals surface area contributed by atoms with Crippen molar-refractivity contribution < 1.29 is 60.2 Å². The van der Waals surface area contributed by atoms with Crippen molar-refractivity contribution in [2.24, 2.45) is 11.7 Å². The van der Waals surface area contributed by atoms with E-state index in [1.807, 2.05) is 0 Å². The molecule has 0 fully saturated rings. The van der Waals surface area contributed by atoms with E-state index in [1.54, 1.807) is 24.3 Å². The van der Waals surface area contributed by atoms with Crippen molar-refractivity contribution in [1.82, 2.24) is 16.0 Å². The zero-order chi connectivity index (χ0) is 35.4. The van der Waals surface area contributed by atoms with E-state index in [1.165, 1.54) is 45.2 Å². The Morgan fingerprint density at radius 1 is 0.891 bits per heavy atom. The molecule has 6 N–H and O–H groups in total. The predicted octanol–water partition coefficient (Wildman–Crippen LogP) is 3.10. The minimum absolute atomic E-state index is 0.0315. The number of aliphatic carboxylic acids is 1. The van der Waals surface area contributed by atoms with Crippen molar-refractivity contribution in [3.63, 3.8) is 0 Å². The molecule has 2 aromatic rings. The highest BCUT2D eigenvalue weighted by Gasteiger charge is 2.45. The van der Waals surface area contributed by atoms with E-state index in [0.717, 1.165) is 0 Å². The standard InChI is InChI=1S/C26H30ClF3N4O5.C2HF3O2/c1-14(2)21(23(36)26(28,29)30)33-25(38)22(16-7-9-18(39-3)10-8-16)34-24(37)19(32-20(35)13-31)12-15-5-4-6-17(27)11-15;3-2(4,5)1(6)7/h4-11,14,19,21-22H,12-13,31H2,1-3H3,(H,32,35)(H,33,38)(H,34,37);(H,6,7). The fraction of sp³-hybridized carbons (Fsp3) is 0.393. The molecule has 254 valence electrons. The molecule has 0 aromatic heterocycles. The van der Waals surface area contributed by atoms with Crippen LogP contribution < -0.4 is 26.4 Å². The first-order chi connectivity index (χ1) is 21.2. The molecule has 3 unspecified atom stereocenters. The zero-order valence-corrected chi connectivity index (χ0v) is 25.2. The van der Waals surface area contributed by atoms with Crippen LogP contribution in [-0.2, 0) is 30.4 Å². The number of ether oxygens (including phenoxy) is 1. The van der Waals surface area contributed by atoms with Gasteiger partial charge in [-0.25, -0.2) is 4.79 Å². The highest BCUT2D eigenvalue weighted by atomic mass is 35.5. The Bertz CT molecular complexity index is 1370. The first kappa shape index (κ1) is 39.6. The van der Waals surface area contributed by atoms with Crippen LogP contribution in [0.1, 0.15) is 31.0 Å². The number of amides is 3. The van der Waals surface area contributed by atoms with Gasteiger partial charge in [-0.3, -0.25) is 19.2 Å². The quantitative estimate of drug-likeness (QED) is 0.212. The smallest absolute Gasteiger partial charge is 0.490 e. The number of carbonyl (C=O) groups is 5. The van der Waals surface area contributed by atoms with Crippen molar-refractivity contribution >= 4 is 41.1 Å². The molecule has 0 aliphatic carbocycles. The number of hydrogen-bond donors (Lipinski definition) is 5. The lowest BCUT2D eigenvalue weighted by atomic mass is 9.97. The number of Topliss-reactive ketones (excluding diaryl/α,β-unsaturated/α-hetero) is 1. The Morgan fingerprint density at radius 3 is 1.89 bits per heavy atom. The number of hydrogen-bond acceptors (Lipinski definition) is 7. The number of nitrogens with one attached hydrogen (secondary N) is 3. The lowest BCUT2D eigenvalue weighted by molar-refractivity contribution is -0.192. The summed E-state index contributed by atoms with van der Waals surface area (Å²) in [5, 5.41) is 14.6. The summed E-state index contributed by atoms with van der Waals surface area (Å²) in [5.41, 5.74) is 6.16. The van der Waals surface area contributed by atoms with Crippen LogP contribution in [0.15, 0.2) is 48.5 Å². The molecule has 0 bridgehead atoms. The van der Waals surface area contributed by atoms with E-state index in [-0.39, 0.29) is 12.0 Å². The number of rotatable bonds is 12. The van der Waals surface area contributed by atoms with Crippen LogP contribution in [0.4, 0.5) is 26.3 Å². The number of ketones is 1. The third-order valence-corrected chi connectivity index (χ3v) is 6.17. The minimum Gasteiger partial charge on any atom is -0.497 e. The van der Waals surface area contributed by atoms with Crippen molar-refractivity contribution in [3.8, 4) is 5.75 Å². The minimum atomic E-state index is -5.18. The van der Waals surface area contributed by atoms with E-state index >= 15 is 0 Å². The van der Waals surface area contributed by atoms with Gasteiger partial charge in [0.15, 0.2) is 0 Å². The van der Waals surface area contributed by atoms with Gasteiger partial charge in [0.1, 0.15) is 17.8 Å². The molecule has 0 saturated carbocycles. The van der Waals surface area contributed by atoms with Gasteiger partial charge in [-0.2, -0.15) is 26.3 Å². The first-order valence-electron chi connectivity index (χ1n) is 13.1. The van der Waals surface area contributed by atoms with Crippen LogP contribution >= 0.6 is 11.6 Å². The summed E-state index contributed by atoms with van der Waals surface area (Å²) in [6, 6.07) is 7.73. The maximum atomic E-state index is 13.4. The molecule has 3 atom stereocenters. The molecule has 0 saturated heterocycles. The summed E-state index contributed by atoms with van der Waals surface area (Å²) in [6.45, 7) is 2.27. The molecule has 2 rings (SSSR count). The number of methoxy groups -OCH3 is 1. The lowest BCUT2D eigenvalue weighted by Crippen LogP contribution is -2.55. The van der Waals surface area contributed by atoms with Crippen LogP contribution in [0.5, 0.6) is 5.75 Å². The third kappa shape index (κ3) is 12.9. The van der Waals surface area contributed by atoms with Crippen LogP contribution in [0.25, 0.3) is 0 Å². The SMILES string of the molecule is COc1ccc(C(NC(=O)C(Cc2cccc(Cl)c2)NC(=O)CN)C(=O)NC(C(=O)C(F)(F)F)C(C)C)cc1.O=C(O)C(F)(F)F. The highest BCUT2D eigenvalue weighted by Crippen LogP contribution is 2.23. The normalized spacial score (nSPS) is 13.3. The van der Waals surface area contributed by atoms with Gasteiger partial charge >= 0.3 is 18.3 Å². The van der Waals surface area contributed by atoms with Crippen molar-refractivity contribution in [2.75, 3.05) is 13.7 Å². The Morgan fingerprint density at radius 2 is 1.46 bits per heavy atom. The van der Waals surface area contributed by atoms with Crippen molar-refractivity contribution in [3.05, 3.63) is 64.7 Å². The maximum Gasteiger partial charge on any atom is 0.490 e. The van der Waals surface area contributed by atoms with Crippen LogP contribution in [0.2, 0.25) is 5.02 Å². The molecule has 0 aliphatic rings. The van der Waals surface area contributed by atoms with Gasteiger partial charge in [0, 0.05) is 11.4 Å². The number of carboxylic acids is 1. The average molecular weight is 685 g/mol. The topological polar surface area (TPSA) is 177 Å². The first-order valence-corrected chi connectivity index (χ1v) is 13.5. The van der Waals surface area contributed by atoms with E-state index in [0.29, 0.717) is 16.3 Å². The summed E-state index contributed by atoms with van der Waals surface area (Å²) in [6.07, 6.45) is -10.3. The van der Waals surface area contributed by atoms with Gasteiger partial charge in [-0.15, -0.1) is 0 Å². The largest absolute Gasteiger partial charge is 0.497 e. The van der Waals surface area contributed by atoms with Gasteiger partial charge in [0.25, 0.3) is 5.78 Å². The molecule has 46 heavy (non-hydrogen) atoms. The van der Waals surface area contributed by atoms with Crippen molar-refractivity contribution in [2.45, 2.75) is 50.7 Å². The third-order valence-electron chi connectivity index (χ3n) is 5.93. The van der Waals surface area contributed by atoms with E-state index in [9.17, 15) is 45.5 Å². The van der Waals surface area contributed by atoms with E-state index in [4.69, 9.17) is 32.0 Å². The molecule has 0 heterocycles. The van der Waals surface area contributed by atoms with Crippen molar-refractivity contribution in [1.29, 1.82) is 0 Å². The number of carbonyl (C=O) groups excluding carboxylic acids is 4. The fourth-order valence-corrected chi connectivity index (χ4v) is 3.86. The predicted molar refractivity (Wildman–Crippen MR) is 152 cm³/mol. The number of alkyl halides is 6. The van der Waals surface area contributed by atoms with E-state index in [2.05, 4.69) is 16.0 Å². The molecule has 0 radical (unpaired) electrons. The molecule has 11 nitrogen and oxygen atoms in total. The molecule has 18 heteroatoms. The van der Waals surface area contributed by atoms with Gasteiger partial charge in [-0.1, -0.05) is 49.7 Å². The molecular formula is C28H31ClF6N4O7. The van der Waals surface area contributed by atoms with E-state index < -0.39 is 72.4 Å². The molecule has 0 spiro atoms. The number of nitrogens with two attached hydrogens (primary N) is 1. The second kappa shape index (κ2) is 17.4. The summed E-state index contributed by atoms with van der Waals surface area (Å²) in [5.74, 6) is -7.90. The zero-order valence-electron chi connectivity index (χ0n) is 24.5. The highest BCUT2D eigenvalue weighted by molar-refractivity contribution is 6.30. The molecular weight excluding hydrogens is 654 g/mol. The fourth-order valence-electron chi connectivity index (χ4n) is 3.65. The average Bonchev–Trinajstić information content (AvgIpc) is 2.96. The van der Waals surface area contributed by atoms with Crippen LogP contribution in [0, 0.1) is 5.92 Å². The summed E-state index contributed by atoms with van der Waals surface area (Å²) in [7, 11) is 1.41. The molecule has 2 aromatic carbocycles. The number of benzene rings is 2. The number of halogens is 7. The van der Waals surface area contributed by atoms with Gasteiger partial charge in [0.2, 0.25) is 17.7 Å².